The Bertz CT molecular complexity index is 607. The summed E-state index contributed by atoms with van der Waals surface area (Å²) in [4.78, 5) is 24.4. The summed E-state index contributed by atoms with van der Waals surface area (Å²) in [5, 5.41) is 18.1. The zero-order chi connectivity index (χ0) is 14.9. The van der Waals surface area contributed by atoms with Gasteiger partial charge in [0.05, 0.1) is 11.5 Å². The van der Waals surface area contributed by atoms with Crippen LogP contribution in [0.2, 0.25) is 0 Å². The lowest BCUT2D eigenvalue weighted by atomic mass is 10.2. The van der Waals surface area contributed by atoms with Crippen LogP contribution in [-0.2, 0) is 9.59 Å². The summed E-state index contributed by atoms with van der Waals surface area (Å²) in [7, 11) is 0. The van der Waals surface area contributed by atoms with E-state index in [1.165, 1.54) is 6.08 Å². The molecule has 2 N–H and O–H groups in total. The van der Waals surface area contributed by atoms with Gasteiger partial charge in [0.15, 0.2) is 6.04 Å². The Labute approximate surface area is 124 Å². The second-order valence-electron chi connectivity index (χ2n) is 4.04. The van der Waals surface area contributed by atoms with Gasteiger partial charge in [-0.15, -0.1) is 0 Å². The number of hydrogen-bond donors (Lipinski definition) is 2. The van der Waals surface area contributed by atoms with E-state index >= 15 is 0 Å². The van der Waals surface area contributed by atoms with Crippen molar-refractivity contribution in [1.82, 2.24) is 4.90 Å². The van der Waals surface area contributed by atoms with Gasteiger partial charge in [-0.05, 0) is 19.1 Å². The molecule has 1 aliphatic rings. The Morgan fingerprint density at radius 2 is 2.30 bits per heavy atom. The molecule has 8 heteroatoms. The number of hydrogen-bond acceptors (Lipinski definition) is 6. The molecule has 1 fully saturated rings. The quantitative estimate of drug-likeness (QED) is 0.638. The predicted octanol–water partition coefficient (Wildman–Crippen LogP) is 1.23. The molecule has 1 amide bonds. The Kier molecular flexibility index (Phi) is 4.26. The average molecular weight is 313 g/mol. The third-order valence-electron chi connectivity index (χ3n) is 2.63. The number of thiocarbonyl (C=S) groups is 1. The smallest absolute Gasteiger partial charge is 0.329 e. The average Bonchev–Trinajstić information content (AvgIpc) is 2.89. The van der Waals surface area contributed by atoms with Crippen molar-refractivity contribution >= 4 is 46.3 Å². The fraction of sp³-hybridized carbons (Fsp3) is 0.250. The molecule has 0 unspecified atom stereocenters. The van der Waals surface area contributed by atoms with E-state index < -0.39 is 24.5 Å². The number of furan rings is 1. The van der Waals surface area contributed by atoms with Crippen LogP contribution in [0.5, 0.6) is 0 Å². The fourth-order valence-corrected chi connectivity index (χ4v) is 3.02. The lowest BCUT2D eigenvalue weighted by Crippen LogP contribution is -2.46. The highest BCUT2D eigenvalue weighted by Crippen LogP contribution is 2.34. The maximum atomic E-state index is 12.2. The van der Waals surface area contributed by atoms with E-state index in [2.05, 4.69) is 0 Å². The Morgan fingerprint density at radius 1 is 1.60 bits per heavy atom. The van der Waals surface area contributed by atoms with Crippen LogP contribution >= 0.6 is 24.0 Å². The molecule has 1 aromatic heterocycles. The normalized spacial score (nSPS) is 18.9. The summed E-state index contributed by atoms with van der Waals surface area (Å²) in [6.45, 7) is 1.07. The number of carbonyl (C=O) groups is 2. The largest absolute Gasteiger partial charge is 0.480 e. The summed E-state index contributed by atoms with van der Waals surface area (Å²) >= 11 is 5.98. The topological polar surface area (TPSA) is 91.0 Å². The van der Waals surface area contributed by atoms with Crippen molar-refractivity contribution in [2.75, 3.05) is 6.61 Å². The van der Waals surface area contributed by atoms with Gasteiger partial charge in [0.2, 0.25) is 0 Å². The lowest BCUT2D eigenvalue weighted by Gasteiger charge is -2.20. The van der Waals surface area contributed by atoms with Crippen LogP contribution in [0.1, 0.15) is 11.5 Å². The third-order valence-corrected chi connectivity index (χ3v) is 3.96. The van der Waals surface area contributed by atoms with E-state index in [1.807, 2.05) is 0 Å². The zero-order valence-corrected chi connectivity index (χ0v) is 12.0. The van der Waals surface area contributed by atoms with Crippen molar-refractivity contribution in [2.45, 2.75) is 13.0 Å². The van der Waals surface area contributed by atoms with Gasteiger partial charge in [-0.1, -0.05) is 24.0 Å². The van der Waals surface area contributed by atoms with Gasteiger partial charge in [-0.2, -0.15) is 0 Å². The zero-order valence-electron chi connectivity index (χ0n) is 10.4. The maximum Gasteiger partial charge on any atom is 0.329 e. The number of aliphatic hydroxyl groups excluding tert-OH is 1. The van der Waals surface area contributed by atoms with Crippen LogP contribution in [0.15, 0.2) is 21.5 Å². The maximum absolute atomic E-state index is 12.2. The number of nitrogens with zero attached hydrogens (tertiary/aromatic N) is 1. The monoisotopic (exact) mass is 313 g/mol. The van der Waals surface area contributed by atoms with Gasteiger partial charge in [-0.3, -0.25) is 9.69 Å². The van der Waals surface area contributed by atoms with Crippen molar-refractivity contribution in [3.05, 3.63) is 28.6 Å². The van der Waals surface area contributed by atoms with Crippen molar-refractivity contribution in [3.63, 3.8) is 0 Å². The van der Waals surface area contributed by atoms with Crippen LogP contribution in [0.3, 0.4) is 0 Å². The van der Waals surface area contributed by atoms with Gasteiger partial charge in [0, 0.05) is 6.08 Å². The van der Waals surface area contributed by atoms with Crippen LogP contribution in [0, 0.1) is 6.92 Å². The molecule has 1 aliphatic heterocycles. The highest BCUT2D eigenvalue weighted by molar-refractivity contribution is 8.26. The van der Waals surface area contributed by atoms with Gasteiger partial charge in [0.25, 0.3) is 5.91 Å². The molecule has 2 heterocycles. The molecule has 0 radical (unpaired) electrons. The summed E-state index contributed by atoms with van der Waals surface area (Å²) in [6.07, 6.45) is 1.50. The van der Waals surface area contributed by atoms with Gasteiger partial charge in [0.1, 0.15) is 15.8 Å². The molecule has 0 aliphatic carbocycles. The van der Waals surface area contributed by atoms with Crippen molar-refractivity contribution in [1.29, 1.82) is 0 Å². The Balaban J connectivity index is 2.29. The number of amides is 1. The number of rotatable bonds is 4. The molecular weight excluding hydrogens is 302 g/mol. The highest BCUT2D eigenvalue weighted by Gasteiger charge is 2.40. The summed E-state index contributed by atoms with van der Waals surface area (Å²) in [6, 6.07) is 2.08. The molecular formula is C12H11NO5S2. The van der Waals surface area contributed by atoms with Gasteiger partial charge >= 0.3 is 5.97 Å². The van der Waals surface area contributed by atoms with Crippen molar-refractivity contribution < 1.29 is 24.2 Å². The second kappa shape index (κ2) is 5.78. The van der Waals surface area contributed by atoms with Crippen molar-refractivity contribution in [3.8, 4) is 0 Å². The van der Waals surface area contributed by atoms with E-state index in [-0.39, 0.29) is 9.23 Å². The van der Waals surface area contributed by atoms with Gasteiger partial charge < -0.3 is 14.6 Å². The Hall–Kier alpha value is -1.64. The number of carboxylic acid groups (broad SMARTS) is 1. The van der Waals surface area contributed by atoms with E-state index in [9.17, 15) is 9.59 Å². The summed E-state index contributed by atoms with van der Waals surface area (Å²) < 4.78 is 5.43. The minimum atomic E-state index is -1.37. The first kappa shape index (κ1) is 14.8. The highest BCUT2D eigenvalue weighted by atomic mass is 32.2. The third kappa shape index (κ3) is 2.77. The molecule has 2 rings (SSSR count). The number of aliphatic carboxylic acids is 1. The molecule has 1 aromatic rings. The first-order chi connectivity index (χ1) is 9.43. The summed E-state index contributed by atoms with van der Waals surface area (Å²) in [5.74, 6) is -0.668. The molecule has 6 nitrogen and oxygen atoms in total. The summed E-state index contributed by atoms with van der Waals surface area (Å²) in [5.41, 5.74) is 0. The number of aryl methyl sites for hydroxylation is 1. The first-order valence-electron chi connectivity index (χ1n) is 5.61. The minimum Gasteiger partial charge on any atom is -0.480 e. The minimum absolute atomic E-state index is 0.103. The molecule has 1 atom stereocenters. The van der Waals surface area contributed by atoms with E-state index in [1.54, 1.807) is 19.1 Å². The van der Waals surface area contributed by atoms with Crippen LogP contribution in [-0.4, -0.2) is 44.0 Å². The second-order valence-corrected chi connectivity index (χ2v) is 5.71. The predicted molar refractivity (Wildman–Crippen MR) is 77.0 cm³/mol. The van der Waals surface area contributed by atoms with Crippen molar-refractivity contribution in [2.24, 2.45) is 0 Å². The number of carboxylic acids is 1. The van der Waals surface area contributed by atoms with E-state index in [0.717, 1.165) is 16.7 Å². The van der Waals surface area contributed by atoms with Crippen LogP contribution < -0.4 is 0 Å². The SMILES string of the molecule is Cc1ccc(/C=C2/SC(=S)N([C@H](CO)C(=O)O)C2=O)o1. The van der Waals surface area contributed by atoms with Crippen LogP contribution in [0.4, 0.5) is 0 Å². The standard InChI is InChI=1S/C12H11NO5S2/c1-6-2-3-7(18-6)4-9-10(15)13(12(19)20-9)8(5-14)11(16)17/h2-4,8,14H,5H2,1H3,(H,16,17)/b9-4+/t8-/m1/s1. The molecule has 0 spiro atoms. The molecule has 1 saturated heterocycles. The molecule has 20 heavy (non-hydrogen) atoms. The number of carbonyl (C=O) groups excluding carboxylic acids is 1. The number of thioether (sulfide) groups is 1. The molecule has 106 valence electrons. The molecule has 0 aromatic carbocycles. The number of aliphatic hydroxyl groups is 1. The molecule has 0 saturated carbocycles. The van der Waals surface area contributed by atoms with Crippen LogP contribution in [0.25, 0.3) is 6.08 Å². The lowest BCUT2D eigenvalue weighted by molar-refractivity contribution is -0.146. The Morgan fingerprint density at radius 3 is 2.80 bits per heavy atom. The van der Waals surface area contributed by atoms with E-state index in [0.29, 0.717) is 11.5 Å². The molecule has 0 bridgehead atoms. The van der Waals surface area contributed by atoms with E-state index in [4.69, 9.17) is 26.8 Å². The van der Waals surface area contributed by atoms with Gasteiger partial charge in [-0.25, -0.2) is 4.79 Å². The first-order valence-corrected chi connectivity index (χ1v) is 6.83. The fourth-order valence-electron chi connectivity index (χ4n) is 1.68.